The van der Waals surface area contributed by atoms with Crippen molar-refractivity contribution < 1.29 is 23.5 Å². The van der Waals surface area contributed by atoms with Crippen LogP contribution >= 0.6 is 0 Å². The predicted octanol–water partition coefficient (Wildman–Crippen LogP) is 2.61. The SMILES string of the molecule is O=C(O)CC1CCN(C(=O)CCc2cc(F)ccc2F)CC1. The molecule has 0 saturated carbocycles. The van der Waals surface area contributed by atoms with Crippen LogP contribution in [0.25, 0.3) is 0 Å². The van der Waals surface area contributed by atoms with Gasteiger partial charge in [-0.1, -0.05) is 0 Å². The number of carbonyl (C=O) groups excluding carboxylic acids is 1. The lowest BCUT2D eigenvalue weighted by Gasteiger charge is -2.31. The number of likely N-dealkylation sites (tertiary alicyclic amines) is 1. The van der Waals surface area contributed by atoms with E-state index in [-0.39, 0.29) is 36.7 Å². The van der Waals surface area contributed by atoms with Crippen LogP contribution in [-0.2, 0) is 16.0 Å². The number of aryl methyl sites for hydroxylation is 1. The van der Waals surface area contributed by atoms with Crippen molar-refractivity contribution in [1.82, 2.24) is 4.90 Å². The molecule has 0 unspecified atom stereocenters. The molecule has 0 radical (unpaired) electrons. The lowest BCUT2D eigenvalue weighted by molar-refractivity contribution is -0.138. The number of carboxylic acids is 1. The number of aliphatic carboxylic acids is 1. The van der Waals surface area contributed by atoms with Gasteiger partial charge in [0.25, 0.3) is 0 Å². The first-order valence-electron chi connectivity index (χ1n) is 7.39. The Hall–Kier alpha value is -1.98. The number of piperidine rings is 1. The minimum Gasteiger partial charge on any atom is -0.481 e. The van der Waals surface area contributed by atoms with Crippen LogP contribution in [0.1, 0.15) is 31.2 Å². The van der Waals surface area contributed by atoms with E-state index < -0.39 is 17.6 Å². The van der Waals surface area contributed by atoms with Crippen LogP contribution in [0.5, 0.6) is 0 Å². The monoisotopic (exact) mass is 311 g/mol. The van der Waals surface area contributed by atoms with Crippen LogP contribution in [0.4, 0.5) is 8.78 Å². The van der Waals surface area contributed by atoms with Crippen molar-refractivity contribution in [1.29, 1.82) is 0 Å². The largest absolute Gasteiger partial charge is 0.481 e. The van der Waals surface area contributed by atoms with Gasteiger partial charge in [0.15, 0.2) is 0 Å². The van der Waals surface area contributed by atoms with E-state index in [4.69, 9.17) is 5.11 Å². The quantitative estimate of drug-likeness (QED) is 0.909. The Morgan fingerprint density at radius 2 is 1.91 bits per heavy atom. The minimum atomic E-state index is -0.814. The van der Waals surface area contributed by atoms with Crippen molar-refractivity contribution in [3.8, 4) is 0 Å². The Labute approximate surface area is 127 Å². The van der Waals surface area contributed by atoms with Gasteiger partial charge in [-0.3, -0.25) is 9.59 Å². The summed E-state index contributed by atoms with van der Waals surface area (Å²) in [6, 6.07) is 3.22. The Kier molecular flexibility index (Phi) is 5.46. The molecule has 1 heterocycles. The fourth-order valence-corrected chi connectivity index (χ4v) is 2.77. The molecule has 1 aromatic rings. The number of benzene rings is 1. The van der Waals surface area contributed by atoms with Crippen LogP contribution in [0, 0.1) is 17.6 Å². The minimum absolute atomic E-state index is 0.0996. The summed E-state index contributed by atoms with van der Waals surface area (Å²) in [4.78, 5) is 24.4. The fraction of sp³-hybridized carbons (Fsp3) is 0.500. The van der Waals surface area contributed by atoms with Crippen molar-refractivity contribution in [3.63, 3.8) is 0 Å². The molecule has 0 spiro atoms. The molecule has 1 amide bonds. The molecular formula is C16H19F2NO3. The molecule has 22 heavy (non-hydrogen) atoms. The van der Waals surface area contributed by atoms with Crippen LogP contribution in [0.3, 0.4) is 0 Å². The second-order valence-electron chi connectivity index (χ2n) is 5.66. The molecule has 120 valence electrons. The molecule has 1 aromatic carbocycles. The summed E-state index contributed by atoms with van der Waals surface area (Å²) in [7, 11) is 0. The number of rotatable bonds is 5. The second-order valence-corrected chi connectivity index (χ2v) is 5.66. The van der Waals surface area contributed by atoms with Crippen LogP contribution in [0.2, 0.25) is 0 Å². The smallest absolute Gasteiger partial charge is 0.303 e. The summed E-state index contributed by atoms with van der Waals surface area (Å²) in [6.45, 7) is 1.06. The predicted molar refractivity (Wildman–Crippen MR) is 76.2 cm³/mol. The van der Waals surface area contributed by atoms with Gasteiger partial charge in [-0.15, -0.1) is 0 Å². The van der Waals surface area contributed by atoms with E-state index >= 15 is 0 Å². The standard InChI is InChI=1S/C16H19F2NO3/c17-13-2-3-14(18)12(10-13)1-4-15(20)19-7-5-11(6-8-19)9-16(21)22/h2-3,10-11H,1,4-9H2,(H,21,22). The number of hydrogen-bond acceptors (Lipinski definition) is 2. The van der Waals surface area contributed by atoms with E-state index in [1.807, 2.05) is 0 Å². The van der Waals surface area contributed by atoms with E-state index in [9.17, 15) is 18.4 Å². The average molecular weight is 311 g/mol. The molecule has 1 N–H and O–H groups in total. The van der Waals surface area contributed by atoms with Crippen molar-refractivity contribution in [2.45, 2.75) is 32.1 Å². The zero-order valence-electron chi connectivity index (χ0n) is 12.2. The molecule has 1 aliphatic rings. The first-order valence-corrected chi connectivity index (χ1v) is 7.39. The van der Waals surface area contributed by atoms with Crippen molar-refractivity contribution in [2.24, 2.45) is 5.92 Å². The highest BCUT2D eigenvalue weighted by molar-refractivity contribution is 5.76. The molecule has 1 fully saturated rings. The van der Waals surface area contributed by atoms with E-state index in [1.165, 1.54) is 0 Å². The number of nitrogens with zero attached hydrogens (tertiary/aromatic N) is 1. The number of carbonyl (C=O) groups is 2. The molecule has 0 atom stereocenters. The molecule has 2 rings (SSSR count). The van der Waals surface area contributed by atoms with Gasteiger partial charge in [0, 0.05) is 25.9 Å². The van der Waals surface area contributed by atoms with Gasteiger partial charge < -0.3 is 10.0 Å². The topological polar surface area (TPSA) is 57.6 Å². The highest BCUT2D eigenvalue weighted by atomic mass is 19.1. The average Bonchev–Trinajstić information content (AvgIpc) is 2.48. The van der Waals surface area contributed by atoms with Gasteiger partial charge in [-0.05, 0) is 48.9 Å². The van der Waals surface area contributed by atoms with E-state index in [1.54, 1.807) is 4.90 Å². The molecular weight excluding hydrogens is 292 g/mol. The third-order valence-electron chi connectivity index (χ3n) is 4.05. The number of carboxylic acid groups (broad SMARTS) is 1. The summed E-state index contributed by atoms with van der Waals surface area (Å²) in [5.74, 6) is -1.82. The molecule has 0 aromatic heterocycles. The Balaban J connectivity index is 1.81. The van der Waals surface area contributed by atoms with Gasteiger partial charge in [0.2, 0.25) is 5.91 Å². The molecule has 0 aliphatic carbocycles. The Morgan fingerprint density at radius 3 is 2.55 bits per heavy atom. The lowest BCUT2D eigenvalue weighted by atomic mass is 9.93. The van der Waals surface area contributed by atoms with Gasteiger partial charge in [0.05, 0.1) is 0 Å². The number of hydrogen-bond donors (Lipinski definition) is 1. The summed E-state index contributed by atoms with van der Waals surface area (Å²) in [5, 5.41) is 8.75. The lowest BCUT2D eigenvalue weighted by Crippen LogP contribution is -2.39. The summed E-state index contributed by atoms with van der Waals surface area (Å²) < 4.78 is 26.6. The van der Waals surface area contributed by atoms with Crippen LogP contribution < -0.4 is 0 Å². The fourth-order valence-electron chi connectivity index (χ4n) is 2.77. The van der Waals surface area contributed by atoms with Gasteiger partial charge >= 0.3 is 5.97 Å². The molecule has 0 bridgehead atoms. The maximum atomic E-state index is 13.5. The van der Waals surface area contributed by atoms with E-state index in [0.717, 1.165) is 18.2 Å². The van der Waals surface area contributed by atoms with Crippen molar-refractivity contribution in [2.75, 3.05) is 13.1 Å². The Bertz CT molecular complexity index is 554. The van der Waals surface area contributed by atoms with Gasteiger partial charge in [-0.25, -0.2) is 8.78 Å². The first-order chi connectivity index (χ1) is 10.5. The number of halogens is 2. The van der Waals surface area contributed by atoms with E-state index in [2.05, 4.69) is 0 Å². The summed E-state index contributed by atoms with van der Waals surface area (Å²) in [5.41, 5.74) is 0.203. The highest BCUT2D eigenvalue weighted by Gasteiger charge is 2.24. The molecule has 4 nitrogen and oxygen atoms in total. The van der Waals surface area contributed by atoms with Crippen LogP contribution in [0.15, 0.2) is 18.2 Å². The maximum absolute atomic E-state index is 13.5. The third-order valence-corrected chi connectivity index (χ3v) is 4.05. The van der Waals surface area contributed by atoms with E-state index in [0.29, 0.717) is 25.9 Å². The number of amides is 1. The van der Waals surface area contributed by atoms with Crippen molar-refractivity contribution in [3.05, 3.63) is 35.4 Å². The van der Waals surface area contributed by atoms with Gasteiger partial charge in [-0.2, -0.15) is 0 Å². The zero-order valence-corrected chi connectivity index (χ0v) is 12.2. The highest BCUT2D eigenvalue weighted by Crippen LogP contribution is 2.21. The normalized spacial score (nSPS) is 15.8. The zero-order chi connectivity index (χ0) is 16.1. The van der Waals surface area contributed by atoms with Crippen molar-refractivity contribution >= 4 is 11.9 Å². The maximum Gasteiger partial charge on any atom is 0.303 e. The van der Waals surface area contributed by atoms with Crippen LogP contribution in [-0.4, -0.2) is 35.0 Å². The van der Waals surface area contributed by atoms with Gasteiger partial charge in [0.1, 0.15) is 11.6 Å². The summed E-state index contributed by atoms with van der Waals surface area (Å²) >= 11 is 0. The third kappa shape index (κ3) is 4.51. The molecule has 1 saturated heterocycles. The second kappa shape index (κ2) is 7.33. The molecule has 6 heteroatoms. The summed E-state index contributed by atoms with van der Waals surface area (Å²) in [6.07, 6.45) is 1.77. The Morgan fingerprint density at radius 1 is 1.23 bits per heavy atom. The molecule has 1 aliphatic heterocycles. The first kappa shape index (κ1) is 16.4.